The van der Waals surface area contributed by atoms with Crippen molar-refractivity contribution in [2.45, 2.75) is 50.1 Å². The molecule has 1 heterocycles. The van der Waals surface area contributed by atoms with Crippen LogP contribution in [-0.2, 0) is 43.3 Å². The Kier molecular flexibility index (Phi) is 10.2. The number of epoxide rings is 1. The van der Waals surface area contributed by atoms with Gasteiger partial charge in [-0.1, -0.05) is 72.8 Å². The predicted molar refractivity (Wildman–Crippen MR) is 154 cm³/mol. The molecule has 1 fully saturated rings. The topological polar surface area (TPSA) is 132 Å². The Hall–Kier alpha value is -4.05. The summed E-state index contributed by atoms with van der Waals surface area (Å²) < 4.78 is 16.3. The molecule has 9 nitrogen and oxygen atoms in total. The van der Waals surface area contributed by atoms with Crippen molar-refractivity contribution in [1.82, 2.24) is 10.6 Å². The Bertz CT molecular complexity index is 1300. The van der Waals surface area contributed by atoms with Gasteiger partial charge in [-0.2, -0.15) is 0 Å². The van der Waals surface area contributed by atoms with E-state index in [0.717, 1.165) is 16.7 Å². The highest BCUT2D eigenvalue weighted by Gasteiger charge is 2.50. The number of carbonyl (C=O) groups excluding carboxylic acids is 3. The summed E-state index contributed by atoms with van der Waals surface area (Å²) >= 11 is 0. The largest absolute Gasteiger partial charge is 0.497 e. The monoisotopic (exact) mass is 559 g/mol. The average molecular weight is 560 g/mol. The summed E-state index contributed by atoms with van der Waals surface area (Å²) in [5, 5.41) is 5.66. The highest BCUT2D eigenvalue weighted by Crippen LogP contribution is 2.29. The predicted octanol–water partition coefficient (Wildman–Crippen LogP) is 2.35. The highest BCUT2D eigenvalue weighted by atomic mass is 16.6. The Morgan fingerprint density at radius 3 is 1.95 bits per heavy atom. The van der Waals surface area contributed by atoms with Crippen molar-refractivity contribution in [3.05, 3.63) is 102 Å². The molecule has 4 rings (SSSR count). The Morgan fingerprint density at radius 1 is 0.829 bits per heavy atom. The lowest BCUT2D eigenvalue weighted by Gasteiger charge is -2.25. The van der Waals surface area contributed by atoms with Gasteiger partial charge in [-0.3, -0.25) is 14.4 Å². The minimum atomic E-state index is -0.995. The number of hydrogen-bond donors (Lipinski definition) is 3. The van der Waals surface area contributed by atoms with Gasteiger partial charge in [0.05, 0.1) is 33.0 Å². The van der Waals surface area contributed by atoms with Gasteiger partial charge < -0.3 is 30.6 Å². The molecule has 1 saturated heterocycles. The number of nitrogens with two attached hydrogens (primary N) is 1. The summed E-state index contributed by atoms with van der Waals surface area (Å²) in [5.74, 6) is -0.571. The van der Waals surface area contributed by atoms with E-state index in [0.29, 0.717) is 25.4 Å². The maximum absolute atomic E-state index is 13.7. The quantitative estimate of drug-likeness (QED) is 0.244. The van der Waals surface area contributed by atoms with Gasteiger partial charge in [0.1, 0.15) is 23.4 Å². The normalized spacial score (nSPS) is 18.0. The molecular formula is C32H37N3O6. The maximum atomic E-state index is 13.7. The van der Waals surface area contributed by atoms with Crippen molar-refractivity contribution < 1.29 is 28.6 Å². The maximum Gasteiger partial charge on any atom is 0.243 e. The van der Waals surface area contributed by atoms with Crippen molar-refractivity contribution in [3.8, 4) is 5.75 Å². The summed E-state index contributed by atoms with van der Waals surface area (Å²) in [6.07, 6.45) is 0.472. The number of Topliss-reactive ketones (excluding diaryl/α,β-unsaturated/α-hetero) is 1. The van der Waals surface area contributed by atoms with Crippen LogP contribution >= 0.6 is 0 Å². The SMILES string of the molecule is COc1ccc(C[C@H](NC(=O)[C@@H](N)COCc2ccccc2)C(=O)NC(Cc2ccccc2)C(=O)[C@@]2(C)CO2)cc1. The third kappa shape index (κ3) is 8.72. The third-order valence-electron chi connectivity index (χ3n) is 6.99. The van der Waals surface area contributed by atoms with Gasteiger partial charge >= 0.3 is 0 Å². The van der Waals surface area contributed by atoms with E-state index in [1.54, 1.807) is 26.2 Å². The Balaban J connectivity index is 1.46. The van der Waals surface area contributed by atoms with E-state index >= 15 is 0 Å². The minimum absolute atomic E-state index is 0.0254. The highest BCUT2D eigenvalue weighted by molar-refractivity contribution is 5.98. The summed E-state index contributed by atoms with van der Waals surface area (Å²) in [4.78, 5) is 40.0. The second-order valence-corrected chi connectivity index (χ2v) is 10.4. The summed E-state index contributed by atoms with van der Waals surface area (Å²) in [7, 11) is 1.57. The lowest BCUT2D eigenvalue weighted by Crippen LogP contribution is -2.57. The molecule has 9 heteroatoms. The zero-order chi connectivity index (χ0) is 29.2. The number of amides is 2. The molecule has 0 bridgehead atoms. The van der Waals surface area contributed by atoms with E-state index in [1.165, 1.54) is 0 Å². The molecule has 4 atom stereocenters. The number of nitrogens with one attached hydrogen (secondary N) is 2. The first-order chi connectivity index (χ1) is 19.8. The van der Waals surface area contributed by atoms with Gasteiger partial charge in [0, 0.05) is 6.42 Å². The van der Waals surface area contributed by atoms with Gasteiger partial charge in [0.25, 0.3) is 0 Å². The third-order valence-corrected chi connectivity index (χ3v) is 6.99. The van der Waals surface area contributed by atoms with Crippen LogP contribution in [0.4, 0.5) is 0 Å². The van der Waals surface area contributed by atoms with Gasteiger partial charge in [-0.05, 0) is 42.2 Å². The number of rotatable bonds is 15. The van der Waals surface area contributed by atoms with Crippen LogP contribution in [0, 0.1) is 0 Å². The zero-order valence-corrected chi connectivity index (χ0v) is 23.4. The van der Waals surface area contributed by atoms with Crippen LogP contribution in [0.25, 0.3) is 0 Å². The molecule has 216 valence electrons. The average Bonchev–Trinajstić information content (AvgIpc) is 3.75. The van der Waals surface area contributed by atoms with Gasteiger partial charge in [-0.25, -0.2) is 0 Å². The number of carbonyl (C=O) groups is 3. The molecule has 3 aromatic carbocycles. The first-order valence-electron chi connectivity index (χ1n) is 13.6. The molecule has 41 heavy (non-hydrogen) atoms. The molecule has 1 aliphatic heterocycles. The number of hydrogen-bond acceptors (Lipinski definition) is 7. The Labute approximate surface area is 240 Å². The standard InChI is InChI=1S/C32H37N3O6/c1-32(21-41-32)29(36)27(17-22-9-5-3-6-10-22)34-31(38)28(18-23-13-15-25(39-2)16-14-23)35-30(37)26(33)20-40-19-24-11-7-4-8-12-24/h3-16,26-28H,17-21,33H2,1-2H3,(H,34,38)(H,35,37)/t26-,27?,28-,32+/m0/s1. The second-order valence-electron chi connectivity index (χ2n) is 10.4. The van der Waals surface area contributed by atoms with Crippen molar-refractivity contribution >= 4 is 17.6 Å². The molecule has 4 N–H and O–H groups in total. The molecule has 0 radical (unpaired) electrons. The molecule has 0 saturated carbocycles. The number of ether oxygens (including phenoxy) is 3. The smallest absolute Gasteiger partial charge is 0.243 e. The summed E-state index contributed by atoms with van der Waals surface area (Å²) in [5.41, 5.74) is 7.84. The fourth-order valence-corrected chi connectivity index (χ4v) is 4.39. The van der Waals surface area contributed by atoms with Gasteiger partial charge in [0.2, 0.25) is 11.8 Å². The van der Waals surface area contributed by atoms with Crippen LogP contribution in [0.3, 0.4) is 0 Å². The molecule has 2 amide bonds. The lowest BCUT2D eigenvalue weighted by molar-refractivity contribution is -0.133. The van der Waals surface area contributed by atoms with Crippen LogP contribution < -0.4 is 21.1 Å². The fourth-order valence-electron chi connectivity index (χ4n) is 4.39. The van der Waals surface area contributed by atoms with Gasteiger partial charge in [-0.15, -0.1) is 0 Å². The summed E-state index contributed by atoms with van der Waals surface area (Å²) in [6, 6.07) is 23.4. The van der Waals surface area contributed by atoms with Crippen LogP contribution in [0.1, 0.15) is 23.6 Å². The molecular weight excluding hydrogens is 522 g/mol. The van der Waals surface area contributed by atoms with Crippen molar-refractivity contribution in [2.24, 2.45) is 5.73 Å². The first kappa shape index (κ1) is 29.9. The van der Waals surface area contributed by atoms with Crippen LogP contribution in [0.2, 0.25) is 0 Å². The number of benzene rings is 3. The lowest BCUT2D eigenvalue weighted by atomic mass is 9.94. The number of methoxy groups -OCH3 is 1. The number of ketones is 1. The second kappa shape index (κ2) is 14.0. The molecule has 1 aliphatic rings. The minimum Gasteiger partial charge on any atom is -0.497 e. The van der Waals surface area contributed by atoms with Crippen LogP contribution in [-0.4, -0.2) is 61.6 Å². The van der Waals surface area contributed by atoms with Crippen molar-refractivity contribution in [1.29, 1.82) is 0 Å². The van der Waals surface area contributed by atoms with Crippen LogP contribution in [0.15, 0.2) is 84.9 Å². The Morgan fingerprint density at radius 2 is 1.37 bits per heavy atom. The first-order valence-corrected chi connectivity index (χ1v) is 13.6. The molecule has 1 unspecified atom stereocenters. The van der Waals surface area contributed by atoms with E-state index in [-0.39, 0.29) is 18.8 Å². The zero-order valence-electron chi connectivity index (χ0n) is 23.4. The molecule has 0 spiro atoms. The fraction of sp³-hybridized carbons (Fsp3) is 0.344. The van der Waals surface area contributed by atoms with E-state index in [1.807, 2.05) is 72.8 Å². The molecule has 0 aliphatic carbocycles. The van der Waals surface area contributed by atoms with E-state index < -0.39 is 35.5 Å². The van der Waals surface area contributed by atoms with Crippen molar-refractivity contribution in [3.63, 3.8) is 0 Å². The summed E-state index contributed by atoms with van der Waals surface area (Å²) in [6.45, 7) is 2.30. The van der Waals surface area contributed by atoms with E-state index in [2.05, 4.69) is 10.6 Å². The van der Waals surface area contributed by atoms with E-state index in [4.69, 9.17) is 19.9 Å². The van der Waals surface area contributed by atoms with Crippen LogP contribution in [0.5, 0.6) is 5.75 Å². The van der Waals surface area contributed by atoms with Crippen molar-refractivity contribution in [2.75, 3.05) is 20.3 Å². The van der Waals surface area contributed by atoms with Gasteiger partial charge in [0.15, 0.2) is 5.78 Å². The molecule has 0 aromatic heterocycles. The van der Waals surface area contributed by atoms with E-state index in [9.17, 15) is 14.4 Å². The molecule has 3 aromatic rings.